The maximum atomic E-state index is 12.3. The average molecular weight is 371 g/mol. The highest BCUT2D eigenvalue weighted by atomic mass is 32.2. The zero-order valence-corrected chi connectivity index (χ0v) is 15.6. The summed E-state index contributed by atoms with van der Waals surface area (Å²) in [6.07, 6.45) is 1.87. The molecule has 0 saturated carbocycles. The monoisotopic (exact) mass is 371 g/mol. The molecule has 0 bridgehead atoms. The summed E-state index contributed by atoms with van der Waals surface area (Å²) in [5.41, 5.74) is 2.48. The SMILES string of the molecule is CCc1ccccc1NC(=O)CCN(c1cccc(C#N)c1)S(C)(=O)=O. The largest absolute Gasteiger partial charge is 0.326 e. The second kappa shape index (κ2) is 8.50. The maximum absolute atomic E-state index is 12.3. The number of nitrogens with zero attached hydrogens (tertiary/aromatic N) is 2. The number of nitriles is 1. The molecule has 0 aromatic heterocycles. The van der Waals surface area contributed by atoms with Crippen LogP contribution in [0, 0.1) is 11.3 Å². The number of hydrogen-bond acceptors (Lipinski definition) is 4. The molecule has 0 aliphatic heterocycles. The maximum Gasteiger partial charge on any atom is 0.232 e. The lowest BCUT2D eigenvalue weighted by molar-refractivity contribution is -0.116. The fraction of sp³-hybridized carbons (Fsp3) is 0.263. The topological polar surface area (TPSA) is 90.3 Å². The van der Waals surface area contributed by atoms with E-state index in [4.69, 9.17) is 5.26 Å². The van der Waals surface area contributed by atoms with Gasteiger partial charge in [0.1, 0.15) is 0 Å². The normalized spacial score (nSPS) is 10.8. The first-order valence-corrected chi connectivity index (χ1v) is 10.1. The number of carbonyl (C=O) groups is 1. The molecular formula is C19H21N3O3S. The smallest absolute Gasteiger partial charge is 0.232 e. The summed E-state index contributed by atoms with van der Waals surface area (Å²) in [4.78, 5) is 12.3. The van der Waals surface area contributed by atoms with Gasteiger partial charge in [0, 0.05) is 18.7 Å². The van der Waals surface area contributed by atoms with E-state index in [-0.39, 0.29) is 18.9 Å². The standard InChI is InChI=1S/C19H21N3O3S/c1-3-16-8-4-5-10-18(16)21-19(23)11-12-22(26(2,24)25)17-9-6-7-15(13-17)14-20/h4-10,13H,3,11-12H2,1-2H3,(H,21,23). The van der Waals surface area contributed by atoms with Gasteiger partial charge in [-0.05, 0) is 36.2 Å². The Hall–Kier alpha value is -2.85. The van der Waals surface area contributed by atoms with Crippen LogP contribution >= 0.6 is 0 Å². The van der Waals surface area contributed by atoms with E-state index in [2.05, 4.69) is 5.32 Å². The highest BCUT2D eigenvalue weighted by molar-refractivity contribution is 7.92. The average Bonchev–Trinajstić information content (AvgIpc) is 2.61. The van der Waals surface area contributed by atoms with Gasteiger partial charge in [0.05, 0.1) is 23.6 Å². The summed E-state index contributed by atoms with van der Waals surface area (Å²) in [7, 11) is -3.58. The third-order valence-corrected chi connectivity index (χ3v) is 5.07. The molecule has 2 aromatic rings. The van der Waals surface area contributed by atoms with Crippen LogP contribution in [0.15, 0.2) is 48.5 Å². The summed E-state index contributed by atoms with van der Waals surface area (Å²) in [6.45, 7) is 1.99. The molecule has 0 aliphatic carbocycles. The number of hydrogen-bond donors (Lipinski definition) is 1. The van der Waals surface area contributed by atoms with Gasteiger partial charge in [-0.3, -0.25) is 9.10 Å². The molecule has 26 heavy (non-hydrogen) atoms. The van der Waals surface area contributed by atoms with Crippen molar-refractivity contribution in [1.82, 2.24) is 0 Å². The van der Waals surface area contributed by atoms with Crippen LogP contribution in [-0.4, -0.2) is 27.1 Å². The van der Waals surface area contributed by atoms with E-state index in [9.17, 15) is 13.2 Å². The fourth-order valence-corrected chi connectivity index (χ4v) is 3.50. The number of nitrogens with one attached hydrogen (secondary N) is 1. The van der Waals surface area contributed by atoms with E-state index in [0.29, 0.717) is 11.3 Å². The number of amides is 1. The van der Waals surface area contributed by atoms with Gasteiger partial charge in [0.25, 0.3) is 0 Å². The highest BCUT2D eigenvalue weighted by Gasteiger charge is 2.19. The van der Waals surface area contributed by atoms with Crippen LogP contribution in [0.3, 0.4) is 0 Å². The molecule has 0 aliphatic rings. The van der Waals surface area contributed by atoms with Gasteiger partial charge in [0.15, 0.2) is 0 Å². The quantitative estimate of drug-likeness (QED) is 0.810. The zero-order valence-electron chi connectivity index (χ0n) is 14.8. The van der Waals surface area contributed by atoms with E-state index in [1.165, 1.54) is 6.07 Å². The van der Waals surface area contributed by atoms with E-state index >= 15 is 0 Å². The Morgan fingerprint density at radius 2 is 1.92 bits per heavy atom. The Morgan fingerprint density at radius 1 is 1.19 bits per heavy atom. The second-order valence-corrected chi connectivity index (χ2v) is 7.71. The van der Waals surface area contributed by atoms with Crippen molar-refractivity contribution >= 4 is 27.3 Å². The van der Waals surface area contributed by atoms with E-state index in [1.807, 2.05) is 37.3 Å². The van der Waals surface area contributed by atoms with Crippen molar-refractivity contribution < 1.29 is 13.2 Å². The molecule has 0 spiro atoms. The van der Waals surface area contributed by atoms with Crippen molar-refractivity contribution in [3.8, 4) is 6.07 Å². The van der Waals surface area contributed by atoms with E-state index in [1.54, 1.807) is 18.2 Å². The lowest BCUT2D eigenvalue weighted by atomic mass is 10.1. The summed E-state index contributed by atoms with van der Waals surface area (Å²) < 4.78 is 25.4. The molecule has 136 valence electrons. The van der Waals surface area contributed by atoms with Gasteiger partial charge in [-0.1, -0.05) is 31.2 Å². The lowest BCUT2D eigenvalue weighted by Crippen LogP contribution is -2.33. The minimum absolute atomic E-state index is 0.00188. The number of para-hydroxylation sites is 1. The molecule has 0 heterocycles. The van der Waals surface area contributed by atoms with Crippen LogP contribution < -0.4 is 9.62 Å². The van der Waals surface area contributed by atoms with Crippen LogP contribution in [-0.2, 0) is 21.2 Å². The van der Waals surface area contributed by atoms with Crippen molar-refractivity contribution in [2.24, 2.45) is 0 Å². The van der Waals surface area contributed by atoms with Gasteiger partial charge in [0.2, 0.25) is 15.9 Å². The highest BCUT2D eigenvalue weighted by Crippen LogP contribution is 2.20. The molecule has 2 rings (SSSR count). The van der Waals surface area contributed by atoms with Gasteiger partial charge in [-0.25, -0.2) is 8.42 Å². The molecule has 0 saturated heterocycles. The van der Waals surface area contributed by atoms with Crippen molar-refractivity contribution in [2.75, 3.05) is 22.4 Å². The molecule has 6 nitrogen and oxygen atoms in total. The summed E-state index contributed by atoms with van der Waals surface area (Å²) in [5, 5.41) is 11.8. The van der Waals surface area contributed by atoms with Crippen LogP contribution in [0.25, 0.3) is 0 Å². The van der Waals surface area contributed by atoms with Crippen LogP contribution in [0.5, 0.6) is 0 Å². The fourth-order valence-electron chi connectivity index (χ4n) is 2.58. The van der Waals surface area contributed by atoms with Gasteiger partial charge in [-0.2, -0.15) is 5.26 Å². The Morgan fingerprint density at radius 3 is 2.58 bits per heavy atom. The van der Waals surface area contributed by atoms with Crippen molar-refractivity contribution in [3.63, 3.8) is 0 Å². The Bertz CT molecular complexity index is 933. The van der Waals surface area contributed by atoms with Gasteiger partial charge >= 0.3 is 0 Å². The van der Waals surface area contributed by atoms with Crippen LogP contribution in [0.2, 0.25) is 0 Å². The number of carbonyl (C=O) groups excluding carboxylic acids is 1. The molecule has 1 N–H and O–H groups in total. The summed E-state index contributed by atoms with van der Waals surface area (Å²) in [5.74, 6) is -0.268. The predicted octanol–water partition coefficient (Wildman–Crippen LogP) is 2.92. The molecule has 7 heteroatoms. The number of anilines is 2. The number of sulfonamides is 1. The second-order valence-electron chi connectivity index (χ2n) is 5.81. The Labute approximate surface area is 154 Å². The summed E-state index contributed by atoms with van der Waals surface area (Å²) in [6, 6.07) is 15.8. The molecule has 0 radical (unpaired) electrons. The molecular weight excluding hydrogens is 350 g/mol. The third-order valence-electron chi connectivity index (χ3n) is 3.88. The lowest BCUT2D eigenvalue weighted by Gasteiger charge is -2.22. The minimum Gasteiger partial charge on any atom is -0.326 e. The zero-order chi connectivity index (χ0) is 19.2. The minimum atomic E-state index is -3.58. The summed E-state index contributed by atoms with van der Waals surface area (Å²) >= 11 is 0. The number of aryl methyl sites for hydroxylation is 1. The number of benzene rings is 2. The molecule has 0 unspecified atom stereocenters. The third kappa shape index (κ3) is 5.07. The van der Waals surface area contributed by atoms with Crippen molar-refractivity contribution in [2.45, 2.75) is 19.8 Å². The number of rotatable bonds is 7. The van der Waals surface area contributed by atoms with Gasteiger partial charge in [-0.15, -0.1) is 0 Å². The first kappa shape index (κ1) is 19.5. The van der Waals surface area contributed by atoms with Crippen LogP contribution in [0.4, 0.5) is 11.4 Å². The predicted molar refractivity (Wildman–Crippen MR) is 102 cm³/mol. The molecule has 1 amide bonds. The Balaban J connectivity index is 2.12. The van der Waals surface area contributed by atoms with Crippen LogP contribution in [0.1, 0.15) is 24.5 Å². The molecule has 0 fully saturated rings. The van der Waals surface area contributed by atoms with Crippen molar-refractivity contribution in [1.29, 1.82) is 5.26 Å². The molecule has 0 atom stereocenters. The van der Waals surface area contributed by atoms with E-state index < -0.39 is 10.0 Å². The van der Waals surface area contributed by atoms with E-state index in [0.717, 1.165) is 28.2 Å². The molecule has 2 aromatic carbocycles. The Kier molecular flexibility index (Phi) is 6.36. The first-order valence-electron chi connectivity index (χ1n) is 8.20. The van der Waals surface area contributed by atoms with Crippen molar-refractivity contribution in [3.05, 3.63) is 59.7 Å². The van der Waals surface area contributed by atoms with Gasteiger partial charge < -0.3 is 5.32 Å². The first-order chi connectivity index (χ1) is 12.3.